The van der Waals surface area contributed by atoms with Gasteiger partial charge in [-0.05, 0) is 50.3 Å². The highest BCUT2D eigenvalue weighted by molar-refractivity contribution is 7.89. The van der Waals surface area contributed by atoms with E-state index in [2.05, 4.69) is 31.2 Å². The molecule has 0 bridgehead atoms. The van der Waals surface area contributed by atoms with Gasteiger partial charge in [-0.25, -0.2) is 8.42 Å². The quantitative estimate of drug-likeness (QED) is 0.812. The van der Waals surface area contributed by atoms with Crippen LogP contribution in [0.1, 0.15) is 37.0 Å². The summed E-state index contributed by atoms with van der Waals surface area (Å²) in [5, 5.41) is 0. The number of rotatable bonds is 3. The van der Waals surface area contributed by atoms with Crippen molar-refractivity contribution in [2.45, 2.75) is 49.5 Å². The molecule has 2 heterocycles. The summed E-state index contributed by atoms with van der Waals surface area (Å²) in [6.07, 6.45) is 1.82. The molecule has 0 aromatic heterocycles. The van der Waals surface area contributed by atoms with Gasteiger partial charge in [-0.2, -0.15) is 4.31 Å². The zero-order chi connectivity index (χ0) is 19.0. The fourth-order valence-electron chi connectivity index (χ4n) is 4.88. The number of aryl methyl sites for hydroxylation is 1. The molecule has 2 aromatic carbocycles. The van der Waals surface area contributed by atoms with Crippen molar-refractivity contribution in [1.82, 2.24) is 4.31 Å². The summed E-state index contributed by atoms with van der Waals surface area (Å²) >= 11 is 0. The molecule has 1 aliphatic carbocycles. The molecule has 2 aromatic rings. The first-order valence-corrected chi connectivity index (χ1v) is 11.0. The standard InChI is InChI=1S/C22H25NO3S/c1-15-7-9-17(10-8-15)22-12-18(22)13-23(14-22)27(24,25)19-6-4-5-16-11-21(2,3)26-20(16)19/h4-10,18H,11-14H2,1-3H3. The third-order valence-electron chi connectivity index (χ3n) is 6.41. The second kappa shape index (κ2) is 5.36. The van der Waals surface area contributed by atoms with Crippen LogP contribution in [0, 0.1) is 12.8 Å². The van der Waals surface area contributed by atoms with E-state index in [-0.39, 0.29) is 11.0 Å². The van der Waals surface area contributed by atoms with Gasteiger partial charge in [0, 0.05) is 24.9 Å². The molecule has 27 heavy (non-hydrogen) atoms. The van der Waals surface area contributed by atoms with E-state index in [1.165, 1.54) is 11.1 Å². The number of fused-ring (bicyclic) bond motifs is 2. The summed E-state index contributed by atoms with van der Waals surface area (Å²) in [5.74, 6) is 0.969. The SMILES string of the molecule is Cc1ccc(C23CC2CN(S(=O)(=O)c2cccc4c2OC(C)(C)C4)C3)cc1. The molecule has 0 spiro atoms. The van der Waals surface area contributed by atoms with E-state index in [9.17, 15) is 8.42 Å². The number of benzene rings is 2. The molecular weight excluding hydrogens is 358 g/mol. The molecule has 1 saturated heterocycles. The minimum Gasteiger partial charge on any atom is -0.486 e. The predicted octanol–water partition coefficient (Wildman–Crippen LogP) is 3.67. The molecule has 2 fully saturated rings. The first kappa shape index (κ1) is 17.3. The highest BCUT2D eigenvalue weighted by Crippen LogP contribution is 2.60. The van der Waals surface area contributed by atoms with Crippen LogP contribution in [0.15, 0.2) is 47.4 Å². The van der Waals surface area contributed by atoms with Crippen LogP contribution in [0.5, 0.6) is 5.75 Å². The van der Waals surface area contributed by atoms with Crippen LogP contribution >= 0.6 is 0 Å². The largest absolute Gasteiger partial charge is 0.486 e. The Labute approximate surface area is 161 Å². The maximum Gasteiger partial charge on any atom is 0.246 e. The molecule has 4 nitrogen and oxygen atoms in total. The third kappa shape index (κ3) is 2.55. The Balaban J connectivity index is 1.47. The second-order valence-corrected chi connectivity index (χ2v) is 10.9. The van der Waals surface area contributed by atoms with Crippen LogP contribution in [0.2, 0.25) is 0 Å². The van der Waals surface area contributed by atoms with E-state index in [0.29, 0.717) is 29.7 Å². The molecule has 2 unspecified atom stereocenters. The highest BCUT2D eigenvalue weighted by Gasteiger charge is 2.63. The van der Waals surface area contributed by atoms with Crippen molar-refractivity contribution in [3.05, 3.63) is 59.2 Å². The van der Waals surface area contributed by atoms with Crippen LogP contribution in [0.3, 0.4) is 0 Å². The van der Waals surface area contributed by atoms with Crippen LogP contribution in [0.25, 0.3) is 0 Å². The van der Waals surface area contributed by atoms with Crippen molar-refractivity contribution >= 4 is 10.0 Å². The Morgan fingerprint density at radius 3 is 2.59 bits per heavy atom. The highest BCUT2D eigenvalue weighted by atomic mass is 32.2. The first-order valence-electron chi connectivity index (χ1n) is 9.60. The molecule has 2 aliphatic heterocycles. The van der Waals surface area contributed by atoms with Gasteiger partial charge in [0.1, 0.15) is 16.2 Å². The molecule has 5 rings (SSSR count). The molecule has 2 atom stereocenters. The number of nitrogens with zero attached hydrogens (tertiary/aromatic N) is 1. The van der Waals surface area contributed by atoms with E-state index in [4.69, 9.17) is 4.74 Å². The Kier molecular flexibility index (Phi) is 3.43. The molecule has 0 radical (unpaired) electrons. The van der Waals surface area contributed by atoms with Gasteiger partial charge in [-0.1, -0.05) is 42.0 Å². The van der Waals surface area contributed by atoms with Crippen LogP contribution in [0.4, 0.5) is 0 Å². The van der Waals surface area contributed by atoms with Gasteiger partial charge in [-0.3, -0.25) is 0 Å². The topological polar surface area (TPSA) is 46.6 Å². The fraction of sp³-hybridized carbons (Fsp3) is 0.455. The third-order valence-corrected chi connectivity index (χ3v) is 8.25. The predicted molar refractivity (Wildman–Crippen MR) is 105 cm³/mol. The number of sulfonamides is 1. The molecule has 1 saturated carbocycles. The normalized spacial score (nSPS) is 28.5. The summed E-state index contributed by atoms with van der Waals surface area (Å²) < 4.78 is 34.6. The zero-order valence-electron chi connectivity index (χ0n) is 16.0. The van der Waals surface area contributed by atoms with Gasteiger partial charge in [0.2, 0.25) is 10.0 Å². The summed E-state index contributed by atoms with van der Waals surface area (Å²) in [5.41, 5.74) is 3.13. The van der Waals surface area contributed by atoms with Crippen molar-refractivity contribution in [2.75, 3.05) is 13.1 Å². The van der Waals surface area contributed by atoms with Gasteiger partial charge < -0.3 is 4.74 Å². The van der Waals surface area contributed by atoms with E-state index in [1.807, 2.05) is 26.0 Å². The number of ether oxygens (including phenoxy) is 1. The Morgan fingerprint density at radius 1 is 1.11 bits per heavy atom. The Hall–Kier alpha value is -1.85. The van der Waals surface area contributed by atoms with Crippen molar-refractivity contribution < 1.29 is 13.2 Å². The Morgan fingerprint density at radius 2 is 1.85 bits per heavy atom. The molecule has 0 amide bonds. The van der Waals surface area contributed by atoms with Crippen LogP contribution in [-0.2, 0) is 21.9 Å². The lowest BCUT2D eigenvalue weighted by atomic mass is 9.94. The zero-order valence-corrected chi connectivity index (χ0v) is 16.8. The molecule has 5 heteroatoms. The monoisotopic (exact) mass is 383 g/mol. The van der Waals surface area contributed by atoms with E-state index in [1.54, 1.807) is 10.4 Å². The summed E-state index contributed by atoms with van der Waals surface area (Å²) in [7, 11) is -3.56. The Bertz CT molecular complexity index is 1030. The average molecular weight is 384 g/mol. The maximum atomic E-state index is 13.4. The molecular formula is C22H25NO3S. The number of hydrogen-bond acceptors (Lipinski definition) is 3. The molecule has 142 valence electrons. The number of para-hydroxylation sites is 1. The molecule has 0 N–H and O–H groups in total. The van der Waals surface area contributed by atoms with Gasteiger partial charge in [0.05, 0.1) is 0 Å². The van der Waals surface area contributed by atoms with Crippen LogP contribution in [-0.4, -0.2) is 31.4 Å². The minimum atomic E-state index is -3.56. The lowest BCUT2D eigenvalue weighted by Crippen LogP contribution is -2.33. The summed E-state index contributed by atoms with van der Waals surface area (Å²) in [6, 6.07) is 14.1. The number of hydrogen-bond donors (Lipinski definition) is 0. The average Bonchev–Trinajstić information content (AvgIpc) is 3.01. The molecule has 3 aliphatic rings. The van der Waals surface area contributed by atoms with Gasteiger partial charge in [0.25, 0.3) is 0 Å². The van der Waals surface area contributed by atoms with Gasteiger partial charge in [0.15, 0.2) is 0 Å². The van der Waals surface area contributed by atoms with Gasteiger partial charge >= 0.3 is 0 Å². The van der Waals surface area contributed by atoms with Crippen molar-refractivity contribution in [3.8, 4) is 5.75 Å². The summed E-state index contributed by atoms with van der Waals surface area (Å²) in [4.78, 5) is 0.325. The van der Waals surface area contributed by atoms with Crippen molar-refractivity contribution in [1.29, 1.82) is 0 Å². The lowest BCUT2D eigenvalue weighted by molar-refractivity contribution is 0.135. The van der Waals surface area contributed by atoms with E-state index >= 15 is 0 Å². The van der Waals surface area contributed by atoms with Gasteiger partial charge in [-0.15, -0.1) is 0 Å². The van der Waals surface area contributed by atoms with Crippen LogP contribution < -0.4 is 4.74 Å². The van der Waals surface area contributed by atoms with E-state index in [0.717, 1.165) is 18.4 Å². The van der Waals surface area contributed by atoms with Crippen molar-refractivity contribution in [2.24, 2.45) is 5.92 Å². The maximum absolute atomic E-state index is 13.4. The summed E-state index contributed by atoms with van der Waals surface area (Å²) in [6.45, 7) is 7.25. The van der Waals surface area contributed by atoms with Crippen molar-refractivity contribution in [3.63, 3.8) is 0 Å². The lowest BCUT2D eigenvalue weighted by Gasteiger charge is -2.23. The smallest absolute Gasteiger partial charge is 0.246 e. The first-order chi connectivity index (χ1) is 12.7. The minimum absolute atomic E-state index is 0.00114. The fourth-order valence-corrected chi connectivity index (χ4v) is 6.59. The second-order valence-electron chi connectivity index (χ2n) is 9.00. The van der Waals surface area contributed by atoms with E-state index < -0.39 is 10.0 Å². The number of piperidine rings is 1.